The van der Waals surface area contributed by atoms with Gasteiger partial charge in [-0.25, -0.2) is 4.39 Å². The molecule has 0 radical (unpaired) electrons. The normalized spacial score (nSPS) is 20.0. The molecular weight excluding hydrogens is 357 g/mol. The van der Waals surface area contributed by atoms with Gasteiger partial charge in [-0.1, -0.05) is 12.1 Å². The Kier molecular flexibility index (Phi) is 5.03. The Hall–Kier alpha value is -2.89. The van der Waals surface area contributed by atoms with Crippen molar-refractivity contribution in [2.45, 2.75) is 13.3 Å². The van der Waals surface area contributed by atoms with Crippen molar-refractivity contribution in [3.05, 3.63) is 59.9 Å². The van der Waals surface area contributed by atoms with Crippen molar-refractivity contribution in [2.24, 2.45) is 5.92 Å². The van der Waals surface area contributed by atoms with Gasteiger partial charge in [-0.2, -0.15) is 0 Å². The van der Waals surface area contributed by atoms with Crippen LogP contribution >= 0.6 is 0 Å². The van der Waals surface area contributed by atoms with Gasteiger partial charge in [-0.3, -0.25) is 9.59 Å². The van der Waals surface area contributed by atoms with Gasteiger partial charge in [0.15, 0.2) is 0 Å². The number of hydrogen-bond donors (Lipinski definition) is 0. The first-order valence-electron chi connectivity index (χ1n) is 9.67. The predicted molar refractivity (Wildman–Crippen MR) is 107 cm³/mol. The quantitative estimate of drug-likeness (QED) is 0.821. The fraction of sp³-hybridized carbons (Fsp3) is 0.364. The first-order valence-corrected chi connectivity index (χ1v) is 9.67. The van der Waals surface area contributed by atoms with E-state index in [-0.39, 0.29) is 30.0 Å². The van der Waals surface area contributed by atoms with Gasteiger partial charge in [0.05, 0.1) is 5.92 Å². The van der Waals surface area contributed by atoms with Crippen LogP contribution in [0.15, 0.2) is 48.5 Å². The molecule has 4 rings (SSSR count). The minimum absolute atomic E-state index is 0.00824. The number of piperazine rings is 1. The molecule has 2 aliphatic rings. The van der Waals surface area contributed by atoms with E-state index in [9.17, 15) is 14.0 Å². The van der Waals surface area contributed by atoms with E-state index >= 15 is 0 Å². The third-order valence-corrected chi connectivity index (χ3v) is 5.57. The molecule has 1 atom stereocenters. The summed E-state index contributed by atoms with van der Waals surface area (Å²) in [7, 11) is 0. The zero-order valence-corrected chi connectivity index (χ0v) is 16.0. The van der Waals surface area contributed by atoms with Crippen LogP contribution in [0.5, 0.6) is 0 Å². The van der Waals surface area contributed by atoms with Gasteiger partial charge in [0.25, 0.3) is 0 Å². The zero-order chi connectivity index (χ0) is 19.7. The maximum Gasteiger partial charge on any atom is 0.228 e. The first-order chi connectivity index (χ1) is 13.5. The van der Waals surface area contributed by atoms with E-state index in [1.165, 1.54) is 12.1 Å². The summed E-state index contributed by atoms with van der Waals surface area (Å²) >= 11 is 0. The molecule has 6 heteroatoms. The molecule has 2 saturated heterocycles. The SMILES string of the molecule is Cc1cccc(N2C[C@@H](C(=O)N3CCN(c4ccc(F)cc4)CC3)CC2=O)c1. The van der Waals surface area contributed by atoms with Crippen LogP contribution in [0.2, 0.25) is 0 Å². The number of carbonyl (C=O) groups is 2. The van der Waals surface area contributed by atoms with Gasteiger partial charge in [0.2, 0.25) is 11.8 Å². The van der Waals surface area contributed by atoms with Crippen LogP contribution in [0.3, 0.4) is 0 Å². The molecule has 2 amide bonds. The number of nitrogens with zero attached hydrogens (tertiary/aromatic N) is 3. The second-order valence-electron chi connectivity index (χ2n) is 7.53. The summed E-state index contributed by atoms with van der Waals surface area (Å²) in [5.41, 5.74) is 2.92. The number of rotatable bonds is 3. The average Bonchev–Trinajstić information content (AvgIpc) is 3.10. The van der Waals surface area contributed by atoms with Crippen molar-refractivity contribution >= 4 is 23.2 Å². The van der Waals surface area contributed by atoms with Crippen molar-refractivity contribution in [1.82, 2.24) is 4.90 Å². The molecule has 2 fully saturated rings. The monoisotopic (exact) mass is 381 g/mol. The molecule has 2 aromatic rings. The van der Waals surface area contributed by atoms with Crippen molar-refractivity contribution < 1.29 is 14.0 Å². The zero-order valence-electron chi connectivity index (χ0n) is 16.0. The highest BCUT2D eigenvalue weighted by Crippen LogP contribution is 2.27. The number of anilines is 2. The maximum absolute atomic E-state index is 13.1. The molecule has 0 unspecified atom stereocenters. The van der Waals surface area contributed by atoms with Crippen LogP contribution in [0.4, 0.5) is 15.8 Å². The van der Waals surface area contributed by atoms with E-state index in [1.807, 2.05) is 36.1 Å². The van der Waals surface area contributed by atoms with E-state index < -0.39 is 0 Å². The largest absolute Gasteiger partial charge is 0.368 e. The molecule has 0 aliphatic carbocycles. The minimum Gasteiger partial charge on any atom is -0.368 e. The third-order valence-electron chi connectivity index (χ3n) is 5.57. The lowest BCUT2D eigenvalue weighted by molar-refractivity contribution is -0.136. The summed E-state index contributed by atoms with van der Waals surface area (Å²) in [6.07, 6.45) is 0.269. The fourth-order valence-corrected chi connectivity index (χ4v) is 4.01. The Bertz CT molecular complexity index is 876. The molecule has 0 bridgehead atoms. The lowest BCUT2D eigenvalue weighted by Crippen LogP contribution is -2.50. The van der Waals surface area contributed by atoms with Gasteiger partial charge in [0, 0.05) is 50.5 Å². The number of hydrogen-bond acceptors (Lipinski definition) is 3. The second kappa shape index (κ2) is 7.62. The standard InChI is InChI=1S/C22H24FN3O2/c1-16-3-2-4-20(13-16)26-15-17(14-21(26)27)22(28)25-11-9-24(10-12-25)19-7-5-18(23)6-8-19/h2-8,13,17H,9-12,14-15H2,1H3/t17-/m0/s1. The molecular formula is C22H24FN3O2. The summed E-state index contributed by atoms with van der Waals surface area (Å²) in [5, 5.41) is 0. The van der Waals surface area contributed by atoms with Crippen LogP contribution in [0.25, 0.3) is 0 Å². The minimum atomic E-state index is -0.287. The lowest BCUT2D eigenvalue weighted by atomic mass is 10.1. The van der Waals surface area contributed by atoms with Crippen LogP contribution < -0.4 is 9.80 Å². The Morgan fingerprint density at radius 1 is 1.00 bits per heavy atom. The highest BCUT2D eigenvalue weighted by molar-refractivity contribution is 6.00. The second-order valence-corrected chi connectivity index (χ2v) is 7.53. The molecule has 146 valence electrons. The number of carbonyl (C=O) groups excluding carboxylic acids is 2. The first kappa shape index (κ1) is 18.5. The highest BCUT2D eigenvalue weighted by Gasteiger charge is 2.37. The van der Waals surface area contributed by atoms with Crippen molar-refractivity contribution in [2.75, 3.05) is 42.5 Å². The van der Waals surface area contributed by atoms with Gasteiger partial charge in [-0.05, 0) is 48.9 Å². The number of benzene rings is 2. The van der Waals surface area contributed by atoms with Crippen LogP contribution in [-0.4, -0.2) is 49.4 Å². The molecule has 0 saturated carbocycles. The van der Waals surface area contributed by atoms with Crippen molar-refractivity contribution in [1.29, 1.82) is 0 Å². The Morgan fingerprint density at radius 2 is 1.71 bits per heavy atom. The average molecular weight is 381 g/mol. The molecule has 0 aromatic heterocycles. The lowest BCUT2D eigenvalue weighted by Gasteiger charge is -2.37. The van der Waals surface area contributed by atoms with Crippen LogP contribution in [-0.2, 0) is 9.59 Å². The maximum atomic E-state index is 13.1. The van der Waals surface area contributed by atoms with E-state index in [0.717, 1.165) is 16.9 Å². The van der Waals surface area contributed by atoms with E-state index in [4.69, 9.17) is 0 Å². The summed E-state index contributed by atoms with van der Waals surface area (Å²) in [4.78, 5) is 31.2. The number of halogens is 1. The number of amides is 2. The van der Waals surface area contributed by atoms with Gasteiger partial charge in [-0.15, -0.1) is 0 Å². The Balaban J connectivity index is 1.36. The summed E-state index contributed by atoms with van der Waals surface area (Å²) in [5.74, 6) is -0.469. The summed E-state index contributed by atoms with van der Waals surface area (Å²) in [6.45, 7) is 5.09. The fourth-order valence-electron chi connectivity index (χ4n) is 4.01. The topological polar surface area (TPSA) is 43.9 Å². The molecule has 0 spiro atoms. The summed E-state index contributed by atoms with van der Waals surface area (Å²) in [6, 6.07) is 14.3. The highest BCUT2D eigenvalue weighted by atomic mass is 19.1. The molecule has 28 heavy (non-hydrogen) atoms. The van der Waals surface area contributed by atoms with Crippen molar-refractivity contribution in [3.63, 3.8) is 0 Å². The Morgan fingerprint density at radius 3 is 2.39 bits per heavy atom. The van der Waals surface area contributed by atoms with Gasteiger partial charge in [0.1, 0.15) is 5.82 Å². The smallest absolute Gasteiger partial charge is 0.228 e. The predicted octanol–water partition coefficient (Wildman–Crippen LogP) is 2.84. The van der Waals surface area contributed by atoms with Gasteiger partial charge >= 0.3 is 0 Å². The third kappa shape index (κ3) is 3.72. The Labute approximate surface area is 164 Å². The molecule has 2 heterocycles. The molecule has 2 aliphatic heterocycles. The number of aryl methyl sites for hydroxylation is 1. The van der Waals surface area contributed by atoms with Gasteiger partial charge < -0.3 is 14.7 Å². The molecule has 0 N–H and O–H groups in total. The van der Waals surface area contributed by atoms with E-state index in [1.54, 1.807) is 17.0 Å². The van der Waals surface area contributed by atoms with Crippen LogP contribution in [0.1, 0.15) is 12.0 Å². The van der Waals surface area contributed by atoms with E-state index in [2.05, 4.69) is 4.90 Å². The van der Waals surface area contributed by atoms with Crippen LogP contribution in [0, 0.1) is 18.7 Å². The molecule has 5 nitrogen and oxygen atoms in total. The molecule has 2 aromatic carbocycles. The van der Waals surface area contributed by atoms with Crippen molar-refractivity contribution in [3.8, 4) is 0 Å². The van der Waals surface area contributed by atoms with E-state index in [0.29, 0.717) is 32.7 Å². The summed E-state index contributed by atoms with van der Waals surface area (Å²) < 4.78 is 13.1.